The van der Waals surface area contributed by atoms with E-state index in [1.807, 2.05) is 0 Å². The number of hydrogen-bond acceptors (Lipinski definition) is 3. The number of allylic oxidation sites excluding steroid dienone is 1. The van der Waals surface area contributed by atoms with Crippen molar-refractivity contribution in [2.75, 3.05) is 6.61 Å². The minimum absolute atomic E-state index is 0.351. The first kappa shape index (κ1) is 34.8. The van der Waals surface area contributed by atoms with E-state index in [1.54, 1.807) is 4.91 Å². The highest BCUT2D eigenvalue weighted by Gasteiger charge is 2.46. The maximum Gasteiger partial charge on any atom is 0.130 e. The second-order valence-electron chi connectivity index (χ2n) is 12.4. The van der Waals surface area contributed by atoms with Gasteiger partial charge in [0.2, 0.25) is 0 Å². The summed E-state index contributed by atoms with van der Waals surface area (Å²) in [5, 5.41) is 11.7. The Morgan fingerprint density at radius 3 is 1.26 bits per heavy atom. The first-order chi connectivity index (χ1) is 15.8. The van der Waals surface area contributed by atoms with Crippen molar-refractivity contribution < 1.29 is 5.11 Å². The molecule has 0 aliphatic rings. The van der Waals surface area contributed by atoms with Gasteiger partial charge in [0.25, 0.3) is 0 Å². The van der Waals surface area contributed by atoms with Crippen LogP contribution in [-0.2, 0) is 0 Å². The van der Waals surface area contributed by atoms with Crippen molar-refractivity contribution in [3.63, 3.8) is 0 Å². The van der Waals surface area contributed by atoms with Gasteiger partial charge in [-0.3, -0.25) is 0 Å². The van der Waals surface area contributed by atoms with E-state index in [9.17, 15) is 0 Å². The van der Waals surface area contributed by atoms with E-state index in [2.05, 4.69) is 111 Å². The van der Waals surface area contributed by atoms with Crippen molar-refractivity contribution in [1.82, 2.24) is 0 Å². The van der Waals surface area contributed by atoms with E-state index >= 15 is 0 Å². The SMILES string of the molecule is CC(C)[Si](S/C=C(/CCCCCCCCCO)S[Si](C(C)C)(C(C)C)C(C)C)(C(C)C)C(C)C. The zero-order valence-electron chi connectivity index (χ0n) is 25.2. The normalized spacial score (nSPS) is 14.1. The van der Waals surface area contributed by atoms with Crippen LogP contribution in [0.3, 0.4) is 0 Å². The molecule has 0 aromatic heterocycles. The fourth-order valence-corrected chi connectivity index (χ4v) is 25.6. The Kier molecular flexibility index (Phi) is 17.8. The summed E-state index contributed by atoms with van der Waals surface area (Å²) in [6.07, 6.45) is 10.1. The van der Waals surface area contributed by atoms with Crippen LogP contribution in [0.15, 0.2) is 10.3 Å². The predicted molar refractivity (Wildman–Crippen MR) is 169 cm³/mol. The quantitative estimate of drug-likeness (QED) is 0.128. The largest absolute Gasteiger partial charge is 0.396 e. The van der Waals surface area contributed by atoms with Gasteiger partial charge in [-0.2, -0.15) is 22.4 Å². The Hall–Kier alpha value is 0.834. The zero-order valence-corrected chi connectivity index (χ0v) is 28.8. The summed E-state index contributed by atoms with van der Waals surface area (Å²) >= 11 is 4.70. The van der Waals surface area contributed by atoms with Gasteiger partial charge < -0.3 is 5.11 Å². The van der Waals surface area contributed by atoms with Gasteiger partial charge in [-0.05, 0) is 62.8 Å². The predicted octanol–water partition coefficient (Wildman–Crippen LogP) is 11.8. The van der Waals surface area contributed by atoms with E-state index in [1.165, 1.54) is 44.9 Å². The third-order valence-corrected chi connectivity index (χ3v) is 32.8. The molecule has 0 radical (unpaired) electrons. The summed E-state index contributed by atoms with van der Waals surface area (Å²) < 4.78 is 0. The van der Waals surface area contributed by atoms with Crippen LogP contribution in [0.5, 0.6) is 0 Å². The van der Waals surface area contributed by atoms with Crippen LogP contribution in [0, 0.1) is 0 Å². The van der Waals surface area contributed by atoms with Crippen LogP contribution in [0.1, 0.15) is 134 Å². The zero-order chi connectivity index (χ0) is 26.5. The summed E-state index contributed by atoms with van der Waals surface area (Å²) in [4.78, 5) is 1.71. The number of aliphatic hydroxyl groups excluding tert-OH is 1. The Morgan fingerprint density at radius 1 is 0.559 bits per heavy atom. The molecule has 5 heteroatoms. The van der Waals surface area contributed by atoms with Crippen molar-refractivity contribution in [3.05, 3.63) is 10.3 Å². The standard InChI is InChI=1S/C29H62OS2Si2/c1-23(2)33(24(3)4,25(5)6)31-22-29(20-18-16-14-13-15-17-19-21-30)32-34(26(7)8,27(9)10)28(11)12/h22-28,30H,13-21H2,1-12H3/b29-22-. The smallest absolute Gasteiger partial charge is 0.130 e. The number of rotatable bonds is 19. The number of aliphatic hydroxyl groups is 1. The van der Waals surface area contributed by atoms with E-state index in [4.69, 9.17) is 5.11 Å². The summed E-state index contributed by atoms with van der Waals surface area (Å²) in [5.41, 5.74) is 4.75. The van der Waals surface area contributed by atoms with Crippen LogP contribution in [0.25, 0.3) is 0 Å². The summed E-state index contributed by atoms with van der Waals surface area (Å²) in [5.74, 6) is 0. The average Bonchev–Trinajstić information content (AvgIpc) is 2.71. The van der Waals surface area contributed by atoms with Crippen LogP contribution >= 0.6 is 22.4 Å². The van der Waals surface area contributed by atoms with Gasteiger partial charge in [0.15, 0.2) is 0 Å². The fourth-order valence-electron chi connectivity index (χ4n) is 6.59. The van der Waals surface area contributed by atoms with E-state index < -0.39 is 14.4 Å². The second kappa shape index (κ2) is 17.4. The first-order valence-electron chi connectivity index (χ1n) is 14.5. The molecule has 1 N–H and O–H groups in total. The minimum atomic E-state index is -1.53. The van der Waals surface area contributed by atoms with Gasteiger partial charge in [-0.25, -0.2) is 0 Å². The molecule has 34 heavy (non-hydrogen) atoms. The van der Waals surface area contributed by atoms with E-state index in [-0.39, 0.29) is 0 Å². The third-order valence-electron chi connectivity index (χ3n) is 8.20. The molecule has 0 amide bonds. The first-order valence-corrected chi connectivity index (χ1v) is 22.1. The van der Waals surface area contributed by atoms with Crippen LogP contribution in [0.2, 0.25) is 33.2 Å². The molecule has 0 bridgehead atoms. The summed E-state index contributed by atoms with van der Waals surface area (Å²) in [6, 6.07) is 0. The Morgan fingerprint density at radius 2 is 0.912 bits per heavy atom. The average molecular weight is 547 g/mol. The molecule has 0 fully saturated rings. The van der Waals surface area contributed by atoms with Gasteiger partial charge in [0, 0.05) is 6.61 Å². The molecular formula is C29H62OS2Si2. The maximum absolute atomic E-state index is 8.98. The highest BCUT2D eigenvalue weighted by Crippen LogP contribution is 2.55. The van der Waals surface area contributed by atoms with Gasteiger partial charge in [0.05, 0.1) is 0 Å². The molecule has 0 heterocycles. The van der Waals surface area contributed by atoms with E-state index in [0.717, 1.165) is 39.7 Å². The van der Waals surface area contributed by atoms with Crippen LogP contribution < -0.4 is 0 Å². The number of hydrogen-bond donors (Lipinski definition) is 1. The summed E-state index contributed by atoms with van der Waals surface area (Å²) in [6.45, 7) is 30.3. The van der Waals surface area contributed by atoms with Gasteiger partial charge >= 0.3 is 0 Å². The van der Waals surface area contributed by atoms with Crippen molar-refractivity contribution in [2.24, 2.45) is 0 Å². The molecule has 0 aromatic rings. The molecule has 0 atom stereocenters. The lowest BCUT2D eigenvalue weighted by Gasteiger charge is -2.44. The molecule has 0 unspecified atom stereocenters. The van der Waals surface area contributed by atoms with Crippen molar-refractivity contribution >= 4 is 36.9 Å². The lowest BCUT2D eigenvalue weighted by molar-refractivity contribution is 0.282. The maximum atomic E-state index is 8.98. The Balaban J connectivity index is 5.76. The molecule has 0 aliphatic heterocycles. The third kappa shape index (κ3) is 9.95. The topological polar surface area (TPSA) is 20.2 Å². The fraction of sp³-hybridized carbons (Fsp3) is 0.931. The summed E-state index contributed by atoms with van der Waals surface area (Å²) in [7, 11) is -3.03. The number of unbranched alkanes of at least 4 members (excludes halogenated alkanes) is 6. The molecule has 204 valence electrons. The monoisotopic (exact) mass is 546 g/mol. The molecule has 0 aromatic carbocycles. The highest BCUT2D eigenvalue weighted by atomic mass is 32.4. The Bertz CT molecular complexity index is 513. The molecule has 0 spiro atoms. The minimum Gasteiger partial charge on any atom is -0.396 e. The lowest BCUT2D eigenvalue weighted by atomic mass is 10.1. The molecule has 0 aliphatic carbocycles. The molecule has 0 saturated heterocycles. The van der Waals surface area contributed by atoms with Crippen molar-refractivity contribution in [3.8, 4) is 0 Å². The van der Waals surface area contributed by atoms with Crippen LogP contribution in [-0.4, -0.2) is 26.2 Å². The second-order valence-corrected chi connectivity index (χ2v) is 29.5. The van der Waals surface area contributed by atoms with E-state index in [0.29, 0.717) is 6.61 Å². The molecular weight excluding hydrogens is 485 g/mol. The van der Waals surface area contributed by atoms with Crippen molar-refractivity contribution in [1.29, 1.82) is 0 Å². The lowest BCUT2D eigenvalue weighted by Crippen LogP contribution is -2.41. The van der Waals surface area contributed by atoms with Gasteiger partial charge in [-0.1, -0.05) is 115 Å². The highest BCUT2D eigenvalue weighted by molar-refractivity contribution is 8.34. The molecule has 0 rings (SSSR count). The molecule has 1 nitrogen and oxygen atoms in total. The van der Waals surface area contributed by atoms with Crippen LogP contribution in [0.4, 0.5) is 0 Å². The van der Waals surface area contributed by atoms with Gasteiger partial charge in [0.1, 0.15) is 14.4 Å². The van der Waals surface area contributed by atoms with Crippen molar-refractivity contribution in [2.45, 2.75) is 168 Å². The molecule has 0 saturated carbocycles. The van der Waals surface area contributed by atoms with Gasteiger partial charge in [-0.15, -0.1) is 0 Å². The Labute approximate surface area is 225 Å².